The van der Waals surface area contributed by atoms with E-state index in [1.54, 1.807) is 19.9 Å². The van der Waals surface area contributed by atoms with Crippen molar-refractivity contribution in [1.29, 1.82) is 0 Å². The topological polar surface area (TPSA) is 108 Å². The van der Waals surface area contributed by atoms with Crippen molar-refractivity contribution in [3.8, 4) is 0 Å². The normalized spacial score (nSPS) is 15.8. The molecule has 2 aromatic carbocycles. The zero-order chi connectivity index (χ0) is 23.4. The first-order chi connectivity index (χ1) is 15.2. The number of carbonyl (C=O) groups excluding carboxylic acids is 2. The van der Waals surface area contributed by atoms with Gasteiger partial charge in [0.05, 0.1) is 29.1 Å². The molecule has 0 spiro atoms. The minimum atomic E-state index is -1.02. The molecule has 0 saturated carbocycles. The van der Waals surface area contributed by atoms with Crippen molar-refractivity contribution in [3.05, 3.63) is 97.9 Å². The van der Waals surface area contributed by atoms with Gasteiger partial charge < -0.3 is 14.8 Å². The van der Waals surface area contributed by atoms with Crippen LogP contribution in [0.4, 0.5) is 5.69 Å². The van der Waals surface area contributed by atoms with Gasteiger partial charge in [0.25, 0.3) is 5.69 Å². The summed E-state index contributed by atoms with van der Waals surface area (Å²) in [7, 11) is 1.22. The van der Waals surface area contributed by atoms with Gasteiger partial charge in [0, 0.05) is 23.0 Å². The van der Waals surface area contributed by atoms with Crippen LogP contribution >= 0.6 is 0 Å². The number of nitrogens with one attached hydrogen (secondary N) is 1. The van der Waals surface area contributed by atoms with Crippen molar-refractivity contribution >= 4 is 17.6 Å². The molecule has 1 unspecified atom stereocenters. The SMILES string of the molecule is COC(=O)C1=C(C)NC(C)=C(C(=O)OCc2ccc(C)cc2)C1c1ccccc1[N+](=O)[O-]. The van der Waals surface area contributed by atoms with Gasteiger partial charge in [-0.05, 0) is 26.3 Å². The molecule has 2 aromatic rings. The molecule has 0 bridgehead atoms. The zero-order valence-electron chi connectivity index (χ0n) is 18.3. The van der Waals surface area contributed by atoms with Gasteiger partial charge in [-0.15, -0.1) is 0 Å². The van der Waals surface area contributed by atoms with Crippen LogP contribution in [0.5, 0.6) is 0 Å². The van der Waals surface area contributed by atoms with Gasteiger partial charge in [0.2, 0.25) is 0 Å². The lowest BCUT2D eigenvalue weighted by Gasteiger charge is -2.30. The predicted octanol–water partition coefficient (Wildman–Crippen LogP) is 4.05. The summed E-state index contributed by atoms with van der Waals surface area (Å²) in [5, 5.41) is 14.7. The second-order valence-corrected chi connectivity index (χ2v) is 7.50. The van der Waals surface area contributed by atoms with E-state index in [0.717, 1.165) is 11.1 Å². The predicted molar refractivity (Wildman–Crippen MR) is 117 cm³/mol. The molecule has 1 atom stereocenters. The first-order valence-corrected chi connectivity index (χ1v) is 9.97. The number of nitrogens with zero attached hydrogens (tertiary/aromatic N) is 1. The van der Waals surface area contributed by atoms with E-state index >= 15 is 0 Å². The molecular weight excluding hydrogens is 412 g/mol. The Morgan fingerprint density at radius 2 is 1.56 bits per heavy atom. The van der Waals surface area contributed by atoms with E-state index in [1.165, 1.54) is 25.3 Å². The molecule has 0 fully saturated rings. The first-order valence-electron chi connectivity index (χ1n) is 9.97. The number of nitro benzene ring substituents is 1. The number of esters is 2. The molecule has 1 aliphatic heterocycles. The Bertz CT molecular complexity index is 1130. The van der Waals surface area contributed by atoms with E-state index in [9.17, 15) is 19.7 Å². The summed E-state index contributed by atoms with van der Waals surface area (Å²) in [6.07, 6.45) is 0. The van der Waals surface area contributed by atoms with E-state index in [4.69, 9.17) is 9.47 Å². The van der Waals surface area contributed by atoms with E-state index < -0.39 is 22.8 Å². The van der Waals surface area contributed by atoms with Crippen molar-refractivity contribution in [2.45, 2.75) is 33.3 Å². The summed E-state index contributed by atoms with van der Waals surface area (Å²) in [6.45, 7) is 5.31. The van der Waals surface area contributed by atoms with E-state index in [1.807, 2.05) is 31.2 Å². The minimum Gasteiger partial charge on any atom is -0.466 e. The molecule has 0 aliphatic carbocycles. The highest BCUT2D eigenvalue weighted by Crippen LogP contribution is 2.42. The Hall–Kier alpha value is -3.94. The van der Waals surface area contributed by atoms with Gasteiger partial charge in [0.1, 0.15) is 6.61 Å². The maximum atomic E-state index is 13.2. The summed E-state index contributed by atoms with van der Waals surface area (Å²) in [5.41, 5.74) is 3.03. The maximum Gasteiger partial charge on any atom is 0.337 e. The number of para-hydroxylation sites is 1. The number of rotatable bonds is 6. The van der Waals surface area contributed by atoms with Crippen LogP contribution < -0.4 is 5.32 Å². The number of benzene rings is 2. The summed E-state index contributed by atoms with van der Waals surface area (Å²) in [4.78, 5) is 37.1. The highest BCUT2D eigenvalue weighted by atomic mass is 16.6. The van der Waals surface area contributed by atoms with Gasteiger partial charge in [-0.25, -0.2) is 9.59 Å². The molecule has 1 aliphatic rings. The Kier molecular flexibility index (Phi) is 6.73. The van der Waals surface area contributed by atoms with E-state index in [2.05, 4.69) is 5.32 Å². The van der Waals surface area contributed by atoms with Crippen LogP contribution in [0.2, 0.25) is 0 Å². The highest BCUT2D eigenvalue weighted by Gasteiger charge is 2.40. The lowest BCUT2D eigenvalue weighted by Crippen LogP contribution is -2.32. The summed E-state index contributed by atoms with van der Waals surface area (Å²) < 4.78 is 10.5. The second-order valence-electron chi connectivity index (χ2n) is 7.50. The number of hydrogen-bond donors (Lipinski definition) is 1. The van der Waals surface area contributed by atoms with Crippen molar-refractivity contribution < 1.29 is 24.0 Å². The van der Waals surface area contributed by atoms with Gasteiger partial charge in [-0.1, -0.05) is 48.0 Å². The number of methoxy groups -OCH3 is 1. The molecule has 32 heavy (non-hydrogen) atoms. The van der Waals surface area contributed by atoms with Crippen molar-refractivity contribution in [1.82, 2.24) is 5.32 Å². The van der Waals surface area contributed by atoms with Crippen molar-refractivity contribution in [3.63, 3.8) is 0 Å². The second kappa shape index (κ2) is 9.47. The van der Waals surface area contributed by atoms with Gasteiger partial charge in [0.15, 0.2) is 0 Å². The Morgan fingerprint density at radius 1 is 0.969 bits per heavy atom. The molecular formula is C24H24N2O6. The fourth-order valence-electron chi connectivity index (χ4n) is 3.76. The molecule has 0 radical (unpaired) electrons. The maximum absolute atomic E-state index is 13.2. The van der Waals surface area contributed by atoms with Gasteiger partial charge in [-0.3, -0.25) is 10.1 Å². The monoisotopic (exact) mass is 436 g/mol. The van der Waals surface area contributed by atoms with Crippen LogP contribution in [0.1, 0.15) is 36.5 Å². The first kappa shape index (κ1) is 22.7. The standard InChI is InChI=1S/C24H24N2O6/c1-14-9-11-17(12-10-14)13-32-24(28)21-16(3)25-15(2)20(23(27)31-4)22(21)18-7-5-6-8-19(18)26(29)30/h5-12,22,25H,13H2,1-4H3. The lowest BCUT2D eigenvalue weighted by molar-refractivity contribution is -0.385. The Labute approximate surface area is 185 Å². The van der Waals surface area contributed by atoms with Crippen molar-refractivity contribution in [2.24, 2.45) is 0 Å². The van der Waals surface area contributed by atoms with Crippen LogP contribution in [0.3, 0.4) is 0 Å². The Balaban J connectivity index is 2.06. The van der Waals surface area contributed by atoms with Crippen LogP contribution in [0.15, 0.2) is 71.1 Å². The third-order valence-electron chi connectivity index (χ3n) is 5.32. The summed E-state index contributed by atoms with van der Waals surface area (Å²) in [6, 6.07) is 13.6. The van der Waals surface area contributed by atoms with Crippen LogP contribution in [-0.2, 0) is 25.7 Å². The van der Waals surface area contributed by atoms with Crippen LogP contribution in [-0.4, -0.2) is 24.0 Å². The fraction of sp³-hybridized carbons (Fsp3) is 0.250. The van der Waals surface area contributed by atoms with Gasteiger partial charge >= 0.3 is 11.9 Å². The third-order valence-corrected chi connectivity index (χ3v) is 5.32. The average Bonchev–Trinajstić information content (AvgIpc) is 2.77. The highest BCUT2D eigenvalue weighted by molar-refractivity contribution is 6.00. The van der Waals surface area contributed by atoms with E-state index in [0.29, 0.717) is 11.4 Å². The summed E-state index contributed by atoms with van der Waals surface area (Å²) in [5.74, 6) is -2.38. The lowest BCUT2D eigenvalue weighted by atomic mass is 9.79. The van der Waals surface area contributed by atoms with Gasteiger partial charge in [-0.2, -0.15) is 0 Å². The molecule has 8 nitrogen and oxygen atoms in total. The molecule has 1 heterocycles. The largest absolute Gasteiger partial charge is 0.466 e. The number of aryl methyl sites for hydroxylation is 1. The molecule has 1 N–H and O–H groups in total. The quantitative estimate of drug-likeness (QED) is 0.413. The van der Waals surface area contributed by atoms with Crippen LogP contribution in [0, 0.1) is 17.0 Å². The number of nitro groups is 1. The van der Waals surface area contributed by atoms with E-state index in [-0.39, 0.29) is 29.0 Å². The smallest absolute Gasteiger partial charge is 0.337 e. The van der Waals surface area contributed by atoms with Crippen LogP contribution in [0.25, 0.3) is 0 Å². The van der Waals surface area contributed by atoms with Crippen molar-refractivity contribution in [2.75, 3.05) is 7.11 Å². The molecule has 0 aromatic heterocycles. The molecule has 0 saturated heterocycles. The number of hydrogen-bond acceptors (Lipinski definition) is 7. The molecule has 0 amide bonds. The number of carbonyl (C=O) groups is 2. The molecule has 8 heteroatoms. The average molecular weight is 436 g/mol. The zero-order valence-corrected chi connectivity index (χ0v) is 18.3. The fourth-order valence-corrected chi connectivity index (χ4v) is 3.76. The summed E-state index contributed by atoms with van der Waals surface area (Å²) >= 11 is 0. The number of allylic oxidation sites excluding steroid dienone is 2. The third kappa shape index (κ3) is 4.54. The Morgan fingerprint density at radius 3 is 2.16 bits per heavy atom. The molecule has 3 rings (SSSR count). The number of ether oxygens (including phenoxy) is 2. The molecule has 166 valence electrons. The number of dihydropyridines is 1. The minimum absolute atomic E-state index is 0.0236.